The summed E-state index contributed by atoms with van der Waals surface area (Å²) in [5.41, 5.74) is 0. The third-order valence-electron chi connectivity index (χ3n) is 16.7. The van der Waals surface area contributed by atoms with Crippen molar-refractivity contribution >= 4 is 13.7 Å². The summed E-state index contributed by atoms with van der Waals surface area (Å²) in [4.78, 5) is 25.6. The molecule has 3 unspecified atom stereocenters. The van der Waals surface area contributed by atoms with Gasteiger partial charge in [0.15, 0.2) is 0 Å². The van der Waals surface area contributed by atoms with Crippen LogP contribution in [0.4, 0.5) is 0 Å². The number of likely N-dealkylation sites (N-methyl/N-ethyl adjacent to an activating group) is 1. The summed E-state index contributed by atoms with van der Waals surface area (Å²) in [7, 11) is 1.29. The first-order chi connectivity index (χ1) is 38.5. The molecule has 0 saturated carbocycles. The molecule has 9 heteroatoms. The molecule has 0 spiro atoms. The fourth-order valence-electron chi connectivity index (χ4n) is 11.2. The van der Waals surface area contributed by atoms with Gasteiger partial charge in [-0.1, -0.05) is 366 Å². The predicted molar refractivity (Wildman–Crippen MR) is 344 cm³/mol. The van der Waals surface area contributed by atoms with E-state index in [0.29, 0.717) is 17.4 Å². The summed E-state index contributed by atoms with van der Waals surface area (Å²) in [5.74, 6) is -0.187. The smallest absolute Gasteiger partial charge is 0.268 e. The van der Waals surface area contributed by atoms with Gasteiger partial charge in [-0.15, -0.1) is 0 Å². The fourth-order valence-corrected chi connectivity index (χ4v) is 11.9. The molecular weight excluding hydrogens is 996 g/mol. The van der Waals surface area contributed by atoms with Crippen LogP contribution in [0.15, 0.2) is 12.2 Å². The zero-order chi connectivity index (χ0) is 57.7. The molecule has 3 atom stereocenters. The van der Waals surface area contributed by atoms with Gasteiger partial charge >= 0.3 is 0 Å². The van der Waals surface area contributed by atoms with Crippen molar-refractivity contribution < 1.29 is 32.9 Å². The average molecular weight is 1140 g/mol. The zero-order valence-corrected chi connectivity index (χ0v) is 55.0. The van der Waals surface area contributed by atoms with Crippen molar-refractivity contribution in [1.29, 1.82) is 0 Å². The third kappa shape index (κ3) is 64.7. The number of nitrogens with one attached hydrogen (secondary N) is 1. The maximum atomic E-state index is 13.0. The number of hydrogen-bond acceptors (Lipinski definition) is 6. The van der Waals surface area contributed by atoms with Crippen LogP contribution >= 0.6 is 7.82 Å². The number of aliphatic hydroxyl groups is 1. The molecule has 0 aromatic heterocycles. The van der Waals surface area contributed by atoms with Crippen LogP contribution in [-0.2, 0) is 18.4 Å². The highest BCUT2D eigenvalue weighted by atomic mass is 31.2. The monoisotopic (exact) mass is 1140 g/mol. The van der Waals surface area contributed by atoms with E-state index in [4.69, 9.17) is 9.05 Å². The lowest BCUT2D eigenvalue weighted by Gasteiger charge is -2.29. The van der Waals surface area contributed by atoms with Crippen LogP contribution in [0, 0.1) is 0 Å². The number of phosphoric acid groups is 1. The number of hydrogen-bond donors (Lipinski definition) is 2. The van der Waals surface area contributed by atoms with Crippen LogP contribution in [0.5, 0.6) is 0 Å². The van der Waals surface area contributed by atoms with Crippen LogP contribution in [0.2, 0.25) is 0 Å². The molecular formula is C70H141N2O6P. The maximum Gasteiger partial charge on any atom is 0.268 e. The number of unbranched alkanes of at least 4 members (excludes halogenated alkanes) is 54. The van der Waals surface area contributed by atoms with Crippen molar-refractivity contribution in [3.63, 3.8) is 0 Å². The van der Waals surface area contributed by atoms with E-state index in [1.54, 1.807) is 6.08 Å². The van der Waals surface area contributed by atoms with Gasteiger partial charge in [-0.05, 0) is 19.3 Å². The molecule has 0 radical (unpaired) electrons. The van der Waals surface area contributed by atoms with E-state index in [-0.39, 0.29) is 19.1 Å². The summed E-state index contributed by atoms with van der Waals surface area (Å²) < 4.78 is 23.5. The topological polar surface area (TPSA) is 108 Å². The Morgan fingerprint density at radius 2 is 0.684 bits per heavy atom. The number of rotatable bonds is 67. The van der Waals surface area contributed by atoms with E-state index in [1.807, 2.05) is 27.2 Å². The van der Waals surface area contributed by atoms with Crippen LogP contribution in [0.3, 0.4) is 0 Å². The minimum Gasteiger partial charge on any atom is -0.756 e. The first-order valence-corrected chi connectivity index (χ1v) is 37.0. The first-order valence-electron chi connectivity index (χ1n) is 35.6. The van der Waals surface area contributed by atoms with Gasteiger partial charge in [0.25, 0.3) is 7.82 Å². The van der Waals surface area contributed by atoms with Crippen LogP contribution < -0.4 is 10.2 Å². The Morgan fingerprint density at radius 1 is 0.430 bits per heavy atom. The number of carbonyl (C=O) groups is 1. The number of quaternary nitrogens is 1. The van der Waals surface area contributed by atoms with Gasteiger partial charge in [0, 0.05) is 6.42 Å². The van der Waals surface area contributed by atoms with E-state index in [9.17, 15) is 19.4 Å². The summed E-state index contributed by atoms with van der Waals surface area (Å²) in [6.07, 6.45) is 79.1. The maximum absolute atomic E-state index is 13.0. The summed E-state index contributed by atoms with van der Waals surface area (Å²) >= 11 is 0. The molecule has 0 aliphatic heterocycles. The highest BCUT2D eigenvalue weighted by Gasteiger charge is 2.23. The van der Waals surface area contributed by atoms with Crippen LogP contribution in [0.25, 0.3) is 0 Å². The van der Waals surface area contributed by atoms with E-state index < -0.39 is 20.0 Å². The van der Waals surface area contributed by atoms with Crippen LogP contribution in [0.1, 0.15) is 380 Å². The third-order valence-corrected chi connectivity index (χ3v) is 17.7. The average Bonchev–Trinajstić information content (AvgIpc) is 3.42. The van der Waals surface area contributed by atoms with E-state index in [0.717, 1.165) is 38.5 Å². The lowest BCUT2D eigenvalue weighted by Crippen LogP contribution is -2.45. The number of nitrogens with zero attached hydrogens (tertiary/aromatic N) is 1. The number of phosphoric ester groups is 1. The minimum atomic E-state index is -4.60. The Morgan fingerprint density at radius 3 is 0.949 bits per heavy atom. The molecule has 0 bridgehead atoms. The van der Waals surface area contributed by atoms with Crippen molar-refractivity contribution in [3.05, 3.63) is 12.2 Å². The van der Waals surface area contributed by atoms with E-state index in [1.165, 1.54) is 321 Å². The SMILES string of the molecule is CCCCCCCCCCCCCCCCCCCCCCCCCCC/C=C/C(O)C(COP(=O)([O-])OCC[N+](C)(C)C)NC(=O)CCCCCCCCCCCCCCCCCCCCCCCCCCCCCCCC. The molecule has 8 nitrogen and oxygen atoms in total. The molecule has 0 aromatic carbocycles. The second kappa shape index (κ2) is 61.8. The lowest BCUT2D eigenvalue weighted by atomic mass is 10.0. The van der Waals surface area contributed by atoms with Crippen molar-refractivity contribution in [2.45, 2.75) is 392 Å². The standard InChI is InChI=1S/C70H141N2O6P/c1-6-8-10-12-14-16-18-20-22-24-26-28-30-32-34-35-36-38-40-42-44-46-48-50-52-54-56-58-60-62-64-70(74)71-68(67-78-79(75,76)77-66-65-72(3,4)5)69(73)63-61-59-57-55-53-51-49-47-45-43-41-39-37-33-31-29-27-25-23-21-19-17-15-13-11-9-7-2/h61,63,68-69,73H,6-60,62,64-67H2,1-5H3,(H-,71,74,75,76)/b63-61+. The van der Waals surface area contributed by atoms with Gasteiger partial charge in [-0.3, -0.25) is 9.36 Å². The Labute approximate surface area is 494 Å². The van der Waals surface area contributed by atoms with Crippen molar-refractivity contribution in [2.24, 2.45) is 0 Å². The molecule has 0 saturated heterocycles. The highest BCUT2D eigenvalue weighted by molar-refractivity contribution is 7.45. The number of allylic oxidation sites excluding steroid dienone is 1. The quantitative estimate of drug-likeness (QED) is 0.0272. The van der Waals surface area contributed by atoms with Gasteiger partial charge in [0.1, 0.15) is 13.2 Å². The van der Waals surface area contributed by atoms with Gasteiger partial charge in [0.2, 0.25) is 5.91 Å². The molecule has 2 N–H and O–H groups in total. The molecule has 0 heterocycles. The second-order valence-electron chi connectivity index (χ2n) is 26.0. The molecule has 0 fully saturated rings. The lowest BCUT2D eigenvalue weighted by molar-refractivity contribution is -0.870. The highest BCUT2D eigenvalue weighted by Crippen LogP contribution is 2.38. The summed E-state index contributed by atoms with van der Waals surface area (Å²) in [6.45, 7) is 4.73. The van der Waals surface area contributed by atoms with Gasteiger partial charge < -0.3 is 28.8 Å². The molecule has 472 valence electrons. The summed E-state index contributed by atoms with van der Waals surface area (Å²) in [5, 5.41) is 14.0. The van der Waals surface area contributed by atoms with Gasteiger partial charge in [-0.25, -0.2) is 0 Å². The molecule has 0 aromatic rings. The minimum absolute atomic E-state index is 0.00303. The van der Waals surface area contributed by atoms with E-state index in [2.05, 4.69) is 19.2 Å². The number of aliphatic hydroxyl groups excluding tert-OH is 1. The van der Waals surface area contributed by atoms with Gasteiger partial charge in [-0.2, -0.15) is 0 Å². The Balaban J connectivity index is 4.02. The van der Waals surface area contributed by atoms with Crippen molar-refractivity contribution in [3.8, 4) is 0 Å². The Kier molecular flexibility index (Phi) is 61.2. The molecule has 0 rings (SSSR count). The number of carbonyl (C=O) groups excluding carboxylic acids is 1. The molecule has 0 aliphatic rings. The van der Waals surface area contributed by atoms with Crippen molar-refractivity contribution in [1.82, 2.24) is 5.32 Å². The zero-order valence-electron chi connectivity index (χ0n) is 54.1. The van der Waals surface area contributed by atoms with E-state index >= 15 is 0 Å². The molecule has 0 aliphatic carbocycles. The first kappa shape index (κ1) is 78.2. The molecule has 79 heavy (non-hydrogen) atoms. The van der Waals surface area contributed by atoms with Crippen LogP contribution in [-0.4, -0.2) is 68.5 Å². The second-order valence-corrected chi connectivity index (χ2v) is 27.4. The summed E-state index contributed by atoms with van der Waals surface area (Å²) in [6, 6.07) is -0.884. The fraction of sp³-hybridized carbons (Fsp3) is 0.957. The predicted octanol–water partition coefficient (Wildman–Crippen LogP) is 21.9. The number of amides is 1. The van der Waals surface area contributed by atoms with Gasteiger partial charge in [0.05, 0.1) is 39.9 Å². The largest absolute Gasteiger partial charge is 0.756 e. The Bertz CT molecular complexity index is 1290. The normalized spacial score (nSPS) is 13.7. The van der Waals surface area contributed by atoms with Crippen molar-refractivity contribution in [2.75, 3.05) is 40.9 Å². The Hall–Kier alpha value is -0.760. The molecule has 1 amide bonds.